The molecule has 5 nitrogen and oxygen atoms in total. The van der Waals surface area contributed by atoms with Gasteiger partial charge in [-0.3, -0.25) is 9.69 Å². The van der Waals surface area contributed by atoms with Crippen molar-refractivity contribution < 1.29 is 4.79 Å². The normalized spacial score (nSPS) is 20.4. The average molecular weight is 296 g/mol. The molecule has 6 heteroatoms. The second-order valence-electron chi connectivity index (χ2n) is 5.75. The standard InChI is InChI=1S/C14H24N4OS/c1-10(2)13-16-11(9-20-13)8-18-6-5-15-7-12(18)14(19)17(3)4/h9-10,12,15H,5-8H2,1-4H3. The van der Waals surface area contributed by atoms with E-state index in [2.05, 4.69) is 34.4 Å². The molecule has 1 aromatic heterocycles. The van der Waals surface area contributed by atoms with E-state index >= 15 is 0 Å². The molecule has 1 aromatic rings. The molecule has 1 atom stereocenters. The van der Waals surface area contributed by atoms with Crippen molar-refractivity contribution in [3.8, 4) is 0 Å². The number of carbonyl (C=O) groups excluding carboxylic acids is 1. The molecule has 0 saturated carbocycles. The van der Waals surface area contributed by atoms with Crippen LogP contribution in [0, 0.1) is 0 Å². The van der Waals surface area contributed by atoms with Crippen molar-refractivity contribution in [3.05, 3.63) is 16.1 Å². The molecule has 0 spiro atoms. The number of likely N-dealkylation sites (N-methyl/N-ethyl adjacent to an activating group) is 1. The van der Waals surface area contributed by atoms with Crippen LogP contribution >= 0.6 is 11.3 Å². The van der Waals surface area contributed by atoms with Crippen LogP contribution in [0.5, 0.6) is 0 Å². The third-order valence-electron chi connectivity index (χ3n) is 3.51. The number of hydrogen-bond acceptors (Lipinski definition) is 5. The third kappa shape index (κ3) is 3.56. The van der Waals surface area contributed by atoms with Crippen molar-refractivity contribution in [2.45, 2.75) is 32.4 Å². The highest BCUT2D eigenvalue weighted by atomic mass is 32.1. The van der Waals surface area contributed by atoms with Gasteiger partial charge >= 0.3 is 0 Å². The van der Waals surface area contributed by atoms with Crippen molar-refractivity contribution in [2.75, 3.05) is 33.7 Å². The first kappa shape index (κ1) is 15.4. The van der Waals surface area contributed by atoms with Crippen LogP contribution in [0.1, 0.15) is 30.5 Å². The summed E-state index contributed by atoms with van der Waals surface area (Å²) in [5.74, 6) is 0.632. The molecule has 0 bridgehead atoms. The molecular weight excluding hydrogens is 272 g/mol. The number of nitrogens with zero attached hydrogens (tertiary/aromatic N) is 3. The van der Waals surface area contributed by atoms with Crippen molar-refractivity contribution in [2.24, 2.45) is 0 Å². The molecule has 1 N–H and O–H groups in total. The molecular formula is C14H24N4OS. The molecule has 1 amide bonds. The lowest BCUT2D eigenvalue weighted by Crippen LogP contribution is -2.57. The predicted octanol–water partition coefficient (Wildman–Crippen LogP) is 1.13. The molecule has 20 heavy (non-hydrogen) atoms. The Morgan fingerprint density at radius 2 is 2.35 bits per heavy atom. The highest BCUT2D eigenvalue weighted by molar-refractivity contribution is 7.09. The van der Waals surface area contributed by atoms with Crippen LogP contribution in [0.3, 0.4) is 0 Å². The first-order valence-electron chi connectivity index (χ1n) is 7.09. The van der Waals surface area contributed by atoms with Gasteiger partial charge in [0.05, 0.1) is 10.7 Å². The predicted molar refractivity (Wildman–Crippen MR) is 82.0 cm³/mol. The number of nitrogens with one attached hydrogen (secondary N) is 1. The minimum Gasteiger partial charge on any atom is -0.347 e. The smallest absolute Gasteiger partial charge is 0.240 e. The third-order valence-corrected chi connectivity index (χ3v) is 4.70. The molecule has 1 fully saturated rings. The van der Waals surface area contributed by atoms with Gasteiger partial charge in [-0.1, -0.05) is 13.8 Å². The van der Waals surface area contributed by atoms with Crippen LogP contribution in [0.25, 0.3) is 0 Å². The highest BCUT2D eigenvalue weighted by Crippen LogP contribution is 2.21. The molecule has 0 radical (unpaired) electrons. The number of carbonyl (C=O) groups is 1. The number of thiazole rings is 1. The SMILES string of the molecule is CC(C)c1nc(CN2CCNCC2C(=O)N(C)C)cs1. The minimum absolute atomic E-state index is 0.0806. The Morgan fingerprint density at radius 1 is 1.60 bits per heavy atom. The first-order chi connectivity index (χ1) is 9.49. The lowest BCUT2D eigenvalue weighted by molar-refractivity contribution is -0.135. The molecule has 1 unspecified atom stereocenters. The van der Waals surface area contributed by atoms with Crippen LogP contribution in [0.15, 0.2) is 5.38 Å². The second-order valence-corrected chi connectivity index (χ2v) is 6.64. The van der Waals surface area contributed by atoms with Crippen LogP contribution < -0.4 is 5.32 Å². The van der Waals surface area contributed by atoms with Gasteiger partial charge in [0, 0.05) is 51.6 Å². The van der Waals surface area contributed by atoms with E-state index in [0.29, 0.717) is 5.92 Å². The summed E-state index contributed by atoms with van der Waals surface area (Å²) < 4.78 is 0. The summed E-state index contributed by atoms with van der Waals surface area (Å²) in [6.45, 7) is 7.61. The van der Waals surface area contributed by atoms with E-state index in [0.717, 1.165) is 31.9 Å². The fourth-order valence-electron chi connectivity index (χ4n) is 2.35. The number of hydrogen-bond donors (Lipinski definition) is 1. The van der Waals surface area contributed by atoms with E-state index < -0.39 is 0 Å². The summed E-state index contributed by atoms with van der Waals surface area (Å²) in [7, 11) is 3.63. The quantitative estimate of drug-likeness (QED) is 0.905. The van der Waals surface area contributed by atoms with Gasteiger partial charge in [0.15, 0.2) is 0 Å². The lowest BCUT2D eigenvalue weighted by atomic mass is 10.1. The fourth-order valence-corrected chi connectivity index (χ4v) is 3.17. The molecule has 0 aromatic carbocycles. The molecule has 1 aliphatic heterocycles. The zero-order valence-electron chi connectivity index (χ0n) is 12.7. The second kappa shape index (κ2) is 6.65. The lowest BCUT2D eigenvalue weighted by Gasteiger charge is -2.36. The maximum absolute atomic E-state index is 12.2. The van der Waals surface area contributed by atoms with E-state index in [1.165, 1.54) is 5.01 Å². The summed E-state index contributed by atoms with van der Waals surface area (Å²) in [4.78, 5) is 20.8. The Morgan fingerprint density at radius 3 is 2.95 bits per heavy atom. The summed E-state index contributed by atoms with van der Waals surface area (Å²) in [6, 6.07) is -0.0806. The van der Waals surface area contributed by atoms with Gasteiger partial charge in [-0.15, -0.1) is 11.3 Å². The van der Waals surface area contributed by atoms with Crippen LogP contribution in [-0.4, -0.2) is 60.5 Å². The van der Waals surface area contributed by atoms with Crippen LogP contribution in [-0.2, 0) is 11.3 Å². The topological polar surface area (TPSA) is 48.5 Å². The van der Waals surface area contributed by atoms with Gasteiger partial charge in [-0.2, -0.15) is 0 Å². The zero-order chi connectivity index (χ0) is 14.7. The van der Waals surface area contributed by atoms with Crippen molar-refractivity contribution >= 4 is 17.2 Å². The maximum Gasteiger partial charge on any atom is 0.240 e. The van der Waals surface area contributed by atoms with Crippen molar-refractivity contribution in [1.82, 2.24) is 20.1 Å². The van der Waals surface area contributed by atoms with Gasteiger partial charge in [0.2, 0.25) is 5.91 Å². The average Bonchev–Trinajstić information content (AvgIpc) is 2.87. The summed E-state index contributed by atoms with van der Waals surface area (Å²) >= 11 is 1.71. The molecule has 1 aliphatic rings. The fraction of sp³-hybridized carbons (Fsp3) is 0.714. The Labute approximate surface area is 125 Å². The number of rotatable bonds is 4. The molecule has 0 aliphatic carbocycles. The maximum atomic E-state index is 12.2. The summed E-state index contributed by atoms with van der Waals surface area (Å²) in [5.41, 5.74) is 1.08. The summed E-state index contributed by atoms with van der Waals surface area (Å²) in [5, 5.41) is 6.59. The summed E-state index contributed by atoms with van der Waals surface area (Å²) in [6.07, 6.45) is 0. The number of piperazine rings is 1. The zero-order valence-corrected chi connectivity index (χ0v) is 13.5. The van der Waals surface area contributed by atoms with E-state index in [4.69, 9.17) is 0 Å². The monoisotopic (exact) mass is 296 g/mol. The van der Waals surface area contributed by atoms with Gasteiger partial charge in [-0.25, -0.2) is 4.98 Å². The Bertz CT molecular complexity index is 458. The van der Waals surface area contributed by atoms with Gasteiger partial charge in [-0.05, 0) is 0 Å². The molecule has 2 heterocycles. The van der Waals surface area contributed by atoms with E-state index in [1.807, 2.05) is 14.1 Å². The van der Waals surface area contributed by atoms with E-state index in [-0.39, 0.29) is 11.9 Å². The van der Waals surface area contributed by atoms with Gasteiger partial charge in [0.25, 0.3) is 0 Å². The van der Waals surface area contributed by atoms with Crippen LogP contribution in [0.4, 0.5) is 0 Å². The molecule has 1 saturated heterocycles. The Balaban J connectivity index is 2.06. The Hall–Kier alpha value is -0.980. The molecule has 112 valence electrons. The van der Waals surface area contributed by atoms with Crippen LogP contribution in [0.2, 0.25) is 0 Å². The van der Waals surface area contributed by atoms with Crippen molar-refractivity contribution in [1.29, 1.82) is 0 Å². The van der Waals surface area contributed by atoms with Crippen molar-refractivity contribution in [3.63, 3.8) is 0 Å². The highest BCUT2D eigenvalue weighted by Gasteiger charge is 2.30. The number of amides is 1. The Kier molecular flexibility index (Phi) is 5.12. The number of aromatic nitrogens is 1. The van der Waals surface area contributed by atoms with E-state index in [1.54, 1.807) is 16.2 Å². The minimum atomic E-state index is -0.0806. The largest absolute Gasteiger partial charge is 0.347 e. The van der Waals surface area contributed by atoms with E-state index in [9.17, 15) is 4.79 Å². The first-order valence-corrected chi connectivity index (χ1v) is 7.97. The molecule has 2 rings (SSSR count). The van der Waals surface area contributed by atoms with Gasteiger partial charge < -0.3 is 10.2 Å². The van der Waals surface area contributed by atoms with Gasteiger partial charge in [0.1, 0.15) is 6.04 Å².